The summed E-state index contributed by atoms with van der Waals surface area (Å²) < 4.78 is 10.6. The maximum atomic E-state index is 13.0. The number of hydrogen-bond donors (Lipinski definition) is 0. The number of para-hydroxylation sites is 1. The van der Waals surface area contributed by atoms with E-state index in [-0.39, 0.29) is 29.3 Å². The van der Waals surface area contributed by atoms with E-state index in [2.05, 4.69) is 4.98 Å². The molecule has 0 fully saturated rings. The Hall–Kier alpha value is -3.54. The number of esters is 1. The van der Waals surface area contributed by atoms with Crippen LogP contribution in [0.5, 0.6) is 5.75 Å². The molecule has 0 saturated carbocycles. The fraction of sp³-hybridized carbons (Fsp3) is 0.217. The normalized spacial score (nSPS) is 15.4. The Kier molecular flexibility index (Phi) is 4.84. The first-order valence-corrected chi connectivity index (χ1v) is 9.47. The van der Waals surface area contributed by atoms with Crippen molar-refractivity contribution in [2.75, 3.05) is 13.2 Å². The van der Waals surface area contributed by atoms with Gasteiger partial charge in [0.2, 0.25) is 0 Å². The van der Waals surface area contributed by atoms with Gasteiger partial charge in [-0.25, -0.2) is 9.78 Å². The second kappa shape index (κ2) is 7.47. The van der Waals surface area contributed by atoms with Crippen LogP contribution in [-0.2, 0) is 4.74 Å². The Morgan fingerprint density at radius 3 is 2.52 bits per heavy atom. The van der Waals surface area contributed by atoms with Crippen LogP contribution in [0.25, 0.3) is 10.9 Å². The number of Topliss-reactive ketones (excluding diaryl/α,β-unsaturated/α-hetero) is 2. The van der Waals surface area contributed by atoms with Gasteiger partial charge < -0.3 is 9.47 Å². The Morgan fingerprint density at radius 1 is 0.966 bits per heavy atom. The smallest absolute Gasteiger partial charge is 0.338 e. The molecule has 146 valence electrons. The number of pyridine rings is 1. The molecule has 0 amide bonds. The Labute approximate surface area is 167 Å². The molecule has 1 heterocycles. The van der Waals surface area contributed by atoms with Crippen LogP contribution in [0.1, 0.15) is 56.5 Å². The Bertz CT molecular complexity index is 1150. The highest BCUT2D eigenvalue weighted by Gasteiger charge is 2.41. The molecule has 0 radical (unpaired) electrons. The van der Waals surface area contributed by atoms with Crippen LogP contribution in [0.2, 0.25) is 0 Å². The number of rotatable bonds is 5. The second-order valence-corrected chi connectivity index (χ2v) is 6.64. The second-order valence-electron chi connectivity index (χ2n) is 6.64. The number of benzene rings is 2. The SMILES string of the molecule is CCOC(=O)c1ccc2c(c1)C(=O)C(c1ccc3cccc(OCC)c3n1)C2=O. The summed E-state index contributed by atoms with van der Waals surface area (Å²) in [4.78, 5) is 42.6. The fourth-order valence-electron chi connectivity index (χ4n) is 3.57. The van der Waals surface area contributed by atoms with E-state index in [0.717, 1.165) is 5.39 Å². The molecule has 0 aliphatic heterocycles. The number of aromatic nitrogens is 1. The average Bonchev–Trinajstić information content (AvgIpc) is 2.98. The average molecular weight is 389 g/mol. The van der Waals surface area contributed by atoms with E-state index in [0.29, 0.717) is 29.1 Å². The topological polar surface area (TPSA) is 82.6 Å². The summed E-state index contributed by atoms with van der Waals surface area (Å²) in [5.74, 6) is -1.63. The van der Waals surface area contributed by atoms with Gasteiger partial charge in [-0.3, -0.25) is 9.59 Å². The molecule has 1 aliphatic carbocycles. The summed E-state index contributed by atoms with van der Waals surface area (Å²) in [7, 11) is 0. The highest BCUT2D eigenvalue weighted by molar-refractivity contribution is 6.30. The molecule has 0 spiro atoms. The van der Waals surface area contributed by atoms with Crippen LogP contribution >= 0.6 is 0 Å². The van der Waals surface area contributed by atoms with Gasteiger partial charge in [0.15, 0.2) is 11.6 Å². The van der Waals surface area contributed by atoms with Crippen molar-refractivity contribution in [3.63, 3.8) is 0 Å². The number of fused-ring (bicyclic) bond motifs is 2. The van der Waals surface area contributed by atoms with Gasteiger partial charge in [-0.15, -0.1) is 0 Å². The van der Waals surface area contributed by atoms with Gasteiger partial charge in [0.05, 0.1) is 24.5 Å². The molecular weight excluding hydrogens is 370 g/mol. The molecule has 0 bridgehead atoms. The Morgan fingerprint density at radius 2 is 1.76 bits per heavy atom. The third-order valence-corrected chi connectivity index (χ3v) is 4.89. The Balaban J connectivity index is 1.76. The van der Waals surface area contributed by atoms with Gasteiger partial charge in [-0.1, -0.05) is 18.2 Å². The minimum absolute atomic E-state index is 0.227. The molecule has 4 rings (SSSR count). The largest absolute Gasteiger partial charge is 0.492 e. The summed E-state index contributed by atoms with van der Waals surface area (Å²) >= 11 is 0. The molecular formula is C23H19NO5. The van der Waals surface area contributed by atoms with Gasteiger partial charge in [0.1, 0.15) is 17.2 Å². The van der Waals surface area contributed by atoms with Crippen LogP contribution in [0.4, 0.5) is 0 Å². The zero-order valence-electron chi connectivity index (χ0n) is 16.1. The predicted octanol–water partition coefficient (Wildman–Crippen LogP) is 3.97. The van der Waals surface area contributed by atoms with Gasteiger partial charge in [-0.2, -0.15) is 0 Å². The van der Waals surface area contributed by atoms with Crippen LogP contribution in [0.3, 0.4) is 0 Å². The van der Waals surface area contributed by atoms with E-state index in [9.17, 15) is 14.4 Å². The van der Waals surface area contributed by atoms with Gasteiger partial charge >= 0.3 is 5.97 Å². The molecule has 2 aromatic carbocycles. The maximum absolute atomic E-state index is 13.0. The molecule has 0 saturated heterocycles. The summed E-state index contributed by atoms with van der Waals surface area (Å²) in [6.07, 6.45) is 0. The lowest BCUT2D eigenvalue weighted by atomic mass is 9.98. The maximum Gasteiger partial charge on any atom is 0.338 e. The fourth-order valence-corrected chi connectivity index (χ4v) is 3.57. The van der Waals surface area contributed by atoms with Crippen molar-refractivity contribution >= 4 is 28.4 Å². The molecule has 6 heteroatoms. The van der Waals surface area contributed by atoms with E-state index >= 15 is 0 Å². The van der Waals surface area contributed by atoms with Crippen molar-refractivity contribution in [1.29, 1.82) is 0 Å². The van der Waals surface area contributed by atoms with Crippen molar-refractivity contribution < 1.29 is 23.9 Å². The molecule has 0 N–H and O–H groups in total. The van der Waals surface area contributed by atoms with E-state index < -0.39 is 11.9 Å². The quantitative estimate of drug-likeness (QED) is 0.485. The van der Waals surface area contributed by atoms with Crippen LogP contribution < -0.4 is 4.74 Å². The monoisotopic (exact) mass is 389 g/mol. The first kappa shape index (κ1) is 18.8. The van der Waals surface area contributed by atoms with Crippen LogP contribution in [0, 0.1) is 0 Å². The lowest BCUT2D eigenvalue weighted by Crippen LogP contribution is -2.14. The standard InChI is InChI=1S/C23H19NO5/c1-3-28-18-7-5-6-13-9-11-17(24-20(13)18)19-21(25)15-10-8-14(23(27)29-4-2)12-16(15)22(19)26/h5-12,19H,3-4H2,1-2H3. The minimum Gasteiger partial charge on any atom is -0.492 e. The number of carbonyl (C=O) groups is 3. The third-order valence-electron chi connectivity index (χ3n) is 4.89. The van der Waals surface area contributed by atoms with Gasteiger partial charge in [-0.05, 0) is 44.2 Å². The minimum atomic E-state index is -1.03. The van der Waals surface area contributed by atoms with Crippen molar-refractivity contribution in [3.05, 3.63) is 70.9 Å². The molecule has 1 unspecified atom stereocenters. The first-order valence-electron chi connectivity index (χ1n) is 9.47. The first-order chi connectivity index (χ1) is 14.0. The lowest BCUT2D eigenvalue weighted by Gasteiger charge is -2.11. The van der Waals surface area contributed by atoms with Crippen LogP contribution in [0.15, 0.2) is 48.5 Å². The van der Waals surface area contributed by atoms with Crippen molar-refractivity contribution in [2.45, 2.75) is 19.8 Å². The van der Waals surface area contributed by atoms with E-state index in [1.165, 1.54) is 18.2 Å². The summed E-state index contributed by atoms with van der Waals surface area (Å²) in [6, 6.07) is 13.5. The zero-order valence-corrected chi connectivity index (χ0v) is 16.1. The van der Waals surface area contributed by atoms with E-state index in [4.69, 9.17) is 9.47 Å². The highest BCUT2D eigenvalue weighted by atomic mass is 16.5. The number of carbonyl (C=O) groups excluding carboxylic acids is 3. The molecule has 1 aliphatic rings. The number of ketones is 2. The molecule has 29 heavy (non-hydrogen) atoms. The van der Waals surface area contributed by atoms with E-state index in [1.54, 1.807) is 19.1 Å². The lowest BCUT2D eigenvalue weighted by molar-refractivity contribution is 0.0526. The molecule has 1 aromatic heterocycles. The summed E-state index contributed by atoms with van der Waals surface area (Å²) in [5.41, 5.74) is 1.75. The van der Waals surface area contributed by atoms with Crippen molar-refractivity contribution in [3.8, 4) is 5.75 Å². The summed E-state index contributed by atoms with van der Waals surface area (Å²) in [6.45, 7) is 4.30. The molecule has 3 aromatic rings. The van der Waals surface area contributed by atoms with E-state index in [1.807, 2.05) is 25.1 Å². The summed E-state index contributed by atoms with van der Waals surface area (Å²) in [5, 5.41) is 0.861. The predicted molar refractivity (Wildman–Crippen MR) is 107 cm³/mol. The van der Waals surface area contributed by atoms with Crippen molar-refractivity contribution in [1.82, 2.24) is 4.98 Å². The van der Waals surface area contributed by atoms with Crippen LogP contribution in [-0.4, -0.2) is 35.7 Å². The number of ether oxygens (including phenoxy) is 2. The number of hydrogen-bond acceptors (Lipinski definition) is 6. The van der Waals surface area contributed by atoms with Crippen molar-refractivity contribution in [2.24, 2.45) is 0 Å². The van der Waals surface area contributed by atoms with Gasteiger partial charge in [0, 0.05) is 16.5 Å². The number of nitrogens with zero attached hydrogens (tertiary/aromatic N) is 1. The molecule has 1 atom stereocenters. The zero-order chi connectivity index (χ0) is 20.5. The van der Waals surface area contributed by atoms with Gasteiger partial charge in [0.25, 0.3) is 0 Å². The molecule has 6 nitrogen and oxygen atoms in total. The third kappa shape index (κ3) is 3.16. The highest BCUT2D eigenvalue weighted by Crippen LogP contribution is 2.35.